The second-order valence-corrected chi connectivity index (χ2v) is 5.08. The summed E-state index contributed by atoms with van der Waals surface area (Å²) in [5.74, 6) is 0.257. The summed E-state index contributed by atoms with van der Waals surface area (Å²) in [6.45, 7) is 3.54. The first-order valence-corrected chi connectivity index (χ1v) is 7.46. The van der Waals surface area contributed by atoms with Crippen LogP contribution in [0.5, 0.6) is 5.75 Å². The Hall–Kier alpha value is -3.14. The fraction of sp³-hybridized carbons (Fsp3) is 0.294. The highest BCUT2D eigenvalue weighted by Crippen LogP contribution is 2.18. The van der Waals surface area contributed by atoms with Crippen molar-refractivity contribution in [3.05, 3.63) is 62.4 Å². The molecule has 0 aliphatic carbocycles. The van der Waals surface area contributed by atoms with Crippen LogP contribution in [0.3, 0.4) is 0 Å². The Balaban J connectivity index is 2.25. The lowest BCUT2D eigenvalue weighted by molar-refractivity contribution is 0.101. The molecule has 0 spiro atoms. The maximum atomic E-state index is 12.2. The molecule has 7 nitrogen and oxygen atoms in total. The zero-order valence-corrected chi connectivity index (χ0v) is 13.5. The molecule has 0 bridgehead atoms. The minimum absolute atomic E-state index is 0.0145. The number of aryl methyl sites for hydroxylation is 1. The predicted octanol–water partition coefficient (Wildman–Crippen LogP) is 1.18. The number of carbonyl (C=O) groups is 1. The number of ether oxygens (including phenoxy) is 1. The van der Waals surface area contributed by atoms with Gasteiger partial charge < -0.3 is 4.74 Å². The molecular formula is C17H17N3O4. The third-order valence-corrected chi connectivity index (χ3v) is 3.54. The van der Waals surface area contributed by atoms with Crippen LogP contribution in [-0.2, 0) is 13.1 Å². The molecule has 0 unspecified atom stereocenters. The maximum Gasteiger partial charge on any atom is 0.331 e. The monoisotopic (exact) mass is 327 g/mol. The van der Waals surface area contributed by atoms with Gasteiger partial charge in [0, 0.05) is 12.7 Å². The van der Waals surface area contributed by atoms with Gasteiger partial charge in [0.1, 0.15) is 24.0 Å². The summed E-state index contributed by atoms with van der Waals surface area (Å²) in [4.78, 5) is 35.9. The highest BCUT2D eigenvalue weighted by Gasteiger charge is 2.12. The topological polar surface area (TPSA) is 94.1 Å². The van der Waals surface area contributed by atoms with Crippen LogP contribution in [0.2, 0.25) is 0 Å². The van der Waals surface area contributed by atoms with E-state index in [1.807, 2.05) is 0 Å². The molecule has 2 aromatic rings. The van der Waals surface area contributed by atoms with Gasteiger partial charge in [-0.2, -0.15) is 5.26 Å². The molecule has 0 aliphatic heterocycles. The van der Waals surface area contributed by atoms with Crippen LogP contribution in [0.25, 0.3) is 0 Å². The minimum Gasteiger partial charge on any atom is -0.491 e. The third-order valence-electron chi connectivity index (χ3n) is 3.54. The van der Waals surface area contributed by atoms with E-state index >= 15 is 0 Å². The maximum absolute atomic E-state index is 12.2. The fourth-order valence-electron chi connectivity index (χ4n) is 2.28. The SMILES string of the molecule is CCn1cc(C#N)c(=O)n(CCOc2ccccc2C(C)=O)c1=O. The van der Waals surface area contributed by atoms with Gasteiger partial charge in [-0.3, -0.25) is 18.7 Å². The number of Topliss-reactive ketones (excluding diaryl/α,β-unsaturated/α-hetero) is 1. The largest absolute Gasteiger partial charge is 0.491 e. The van der Waals surface area contributed by atoms with Crippen molar-refractivity contribution in [2.75, 3.05) is 6.61 Å². The molecular weight excluding hydrogens is 310 g/mol. The summed E-state index contributed by atoms with van der Waals surface area (Å²) >= 11 is 0. The lowest BCUT2D eigenvalue weighted by atomic mass is 10.1. The zero-order valence-electron chi connectivity index (χ0n) is 13.5. The van der Waals surface area contributed by atoms with Gasteiger partial charge in [-0.15, -0.1) is 0 Å². The van der Waals surface area contributed by atoms with Gasteiger partial charge in [-0.05, 0) is 26.0 Å². The Morgan fingerprint density at radius 3 is 2.62 bits per heavy atom. The standard InChI is InChI=1S/C17H17N3O4/c1-3-19-11-13(10-18)16(22)20(17(19)23)8-9-24-15-7-5-4-6-14(15)12(2)21/h4-7,11H,3,8-9H2,1-2H3. The number of ketones is 1. The molecule has 0 saturated heterocycles. The van der Waals surface area contributed by atoms with Crippen molar-refractivity contribution in [2.45, 2.75) is 26.9 Å². The van der Waals surface area contributed by atoms with Crippen LogP contribution >= 0.6 is 0 Å². The van der Waals surface area contributed by atoms with Crippen LogP contribution < -0.4 is 16.0 Å². The van der Waals surface area contributed by atoms with E-state index in [1.54, 1.807) is 37.3 Å². The average molecular weight is 327 g/mol. The summed E-state index contributed by atoms with van der Waals surface area (Å²) < 4.78 is 7.81. The molecule has 1 heterocycles. The van der Waals surface area contributed by atoms with Crippen molar-refractivity contribution in [2.24, 2.45) is 0 Å². The van der Waals surface area contributed by atoms with Gasteiger partial charge >= 0.3 is 5.69 Å². The molecule has 7 heteroatoms. The molecule has 0 amide bonds. The molecule has 0 N–H and O–H groups in total. The Bertz CT molecular complexity index is 919. The Kier molecular flexibility index (Phi) is 5.32. The van der Waals surface area contributed by atoms with E-state index in [1.165, 1.54) is 17.7 Å². The van der Waals surface area contributed by atoms with Gasteiger partial charge in [0.05, 0.1) is 12.1 Å². The number of aromatic nitrogens is 2. The number of rotatable bonds is 6. The molecule has 2 rings (SSSR count). The number of hydrogen-bond donors (Lipinski definition) is 0. The fourth-order valence-corrected chi connectivity index (χ4v) is 2.28. The molecule has 0 fully saturated rings. The van der Waals surface area contributed by atoms with Crippen molar-refractivity contribution < 1.29 is 9.53 Å². The predicted molar refractivity (Wildman–Crippen MR) is 87.3 cm³/mol. The minimum atomic E-state index is -0.643. The van der Waals surface area contributed by atoms with Crippen molar-refractivity contribution in [3.63, 3.8) is 0 Å². The number of hydrogen-bond acceptors (Lipinski definition) is 5. The molecule has 0 radical (unpaired) electrons. The smallest absolute Gasteiger partial charge is 0.331 e. The number of benzene rings is 1. The van der Waals surface area contributed by atoms with E-state index in [2.05, 4.69) is 0 Å². The third kappa shape index (κ3) is 3.43. The number of carbonyl (C=O) groups excluding carboxylic acids is 1. The van der Waals surface area contributed by atoms with E-state index in [4.69, 9.17) is 10.00 Å². The first kappa shape index (κ1) is 17.2. The van der Waals surface area contributed by atoms with Crippen molar-refractivity contribution in [1.82, 2.24) is 9.13 Å². The molecule has 124 valence electrons. The lowest BCUT2D eigenvalue weighted by Gasteiger charge is -2.12. The number of para-hydroxylation sites is 1. The molecule has 1 aromatic carbocycles. The summed E-state index contributed by atoms with van der Waals surface area (Å²) in [5.41, 5.74) is -0.803. The second-order valence-electron chi connectivity index (χ2n) is 5.08. The van der Waals surface area contributed by atoms with Crippen LogP contribution in [0.1, 0.15) is 29.8 Å². The highest BCUT2D eigenvalue weighted by molar-refractivity contribution is 5.96. The van der Waals surface area contributed by atoms with E-state index in [0.717, 1.165) is 4.57 Å². The van der Waals surface area contributed by atoms with Crippen LogP contribution in [0.15, 0.2) is 40.1 Å². The van der Waals surface area contributed by atoms with Crippen molar-refractivity contribution in [3.8, 4) is 11.8 Å². The van der Waals surface area contributed by atoms with E-state index < -0.39 is 11.2 Å². The first-order valence-electron chi connectivity index (χ1n) is 7.46. The number of nitrogens with zero attached hydrogens (tertiary/aromatic N) is 3. The van der Waals surface area contributed by atoms with Gasteiger partial charge in [0.25, 0.3) is 5.56 Å². The normalized spacial score (nSPS) is 10.2. The second kappa shape index (κ2) is 7.42. The first-order chi connectivity index (χ1) is 11.5. The molecule has 24 heavy (non-hydrogen) atoms. The lowest BCUT2D eigenvalue weighted by Crippen LogP contribution is -2.41. The molecule has 0 saturated carbocycles. The van der Waals surface area contributed by atoms with Crippen LogP contribution in [-0.4, -0.2) is 21.5 Å². The summed E-state index contributed by atoms with van der Waals surface area (Å²) in [6.07, 6.45) is 1.26. The van der Waals surface area contributed by atoms with Gasteiger partial charge in [0.15, 0.2) is 5.78 Å². The Labute approximate surface area is 138 Å². The van der Waals surface area contributed by atoms with Gasteiger partial charge in [-0.25, -0.2) is 4.79 Å². The Morgan fingerprint density at radius 1 is 1.29 bits per heavy atom. The van der Waals surface area contributed by atoms with E-state index in [-0.39, 0.29) is 24.5 Å². The average Bonchev–Trinajstić information content (AvgIpc) is 2.58. The zero-order chi connectivity index (χ0) is 17.7. The van der Waals surface area contributed by atoms with Crippen LogP contribution in [0, 0.1) is 11.3 Å². The summed E-state index contributed by atoms with van der Waals surface area (Å²) in [7, 11) is 0. The van der Waals surface area contributed by atoms with Gasteiger partial charge in [-0.1, -0.05) is 12.1 Å². The van der Waals surface area contributed by atoms with E-state index in [9.17, 15) is 14.4 Å². The van der Waals surface area contributed by atoms with E-state index in [0.29, 0.717) is 17.9 Å². The number of nitriles is 1. The van der Waals surface area contributed by atoms with Gasteiger partial charge in [0.2, 0.25) is 0 Å². The molecule has 0 aliphatic rings. The molecule has 0 atom stereocenters. The highest BCUT2D eigenvalue weighted by atomic mass is 16.5. The summed E-state index contributed by atoms with van der Waals surface area (Å²) in [6, 6.07) is 8.54. The quantitative estimate of drug-likeness (QED) is 0.743. The van der Waals surface area contributed by atoms with Crippen molar-refractivity contribution in [1.29, 1.82) is 5.26 Å². The Morgan fingerprint density at radius 2 is 2.00 bits per heavy atom. The van der Waals surface area contributed by atoms with Crippen LogP contribution in [0.4, 0.5) is 0 Å². The summed E-state index contributed by atoms with van der Waals surface area (Å²) in [5, 5.41) is 9.01. The molecule has 1 aromatic heterocycles. The van der Waals surface area contributed by atoms with Crippen molar-refractivity contribution >= 4 is 5.78 Å².